The minimum Gasteiger partial charge on any atom is -0.341 e. The van der Waals surface area contributed by atoms with Crippen molar-refractivity contribution in [2.75, 3.05) is 10.8 Å². The highest BCUT2D eigenvalue weighted by Gasteiger charge is 2.25. The third-order valence-electron chi connectivity index (χ3n) is 4.36. The third-order valence-corrected chi connectivity index (χ3v) is 6.40. The summed E-state index contributed by atoms with van der Waals surface area (Å²) in [7, 11) is -3.96. The number of rotatable bonds is 8. The van der Waals surface area contributed by atoms with Gasteiger partial charge in [0.05, 0.1) is 17.1 Å². The van der Waals surface area contributed by atoms with Crippen molar-refractivity contribution < 1.29 is 17.7 Å². The molecule has 0 saturated carbocycles. The van der Waals surface area contributed by atoms with Gasteiger partial charge in [0.1, 0.15) is 6.04 Å². The van der Waals surface area contributed by atoms with E-state index < -0.39 is 22.0 Å². The zero-order chi connectivity index (χ0) is 22.6. The lowest BCUT2D eigenvalue weighted by Gasteiger charge is -2.23. The SMILES string of the molecule is C=CCN(c1ccc(Cl)cc1)S(=O)(=O)c1cccc(C(=O)NC(C)c2nc(C)no2)c1. The molecule has 0 spiro atoms. The highest BCUT2D eigenvalue weighted by molar-refractivity contribution is 7.92. The highest BCUT2D eigenvalue weighted by Crippen LogP contribution is 2.26. The number of aromatic nitrogens is 2. The number of carbonyl (C=O) groups excluding carboxylic acids is 1. The summed E-state index contributed by atoms with van der Waals surface area (Å²) in [6.45, 7) is 7.06. The minimum atomic E-state index is -3.96. The van der Waals surface area contributed by atoms with Crippen LogP contribution in [0.4, 0.5) is 5.69 Å². The molecular formula is C21H21ClN4O4S. The van der Waals surface area contributed by atoms with Crippen LogP contribution in [0, 0.1) is 6.92 Å². The van der Waals surface area contributed by atoms with Crippen LogP contribution in [-0.4, -0.2) is 31.0 Å². The number of benzene rings is 2. The van der Waals surface area contributed by atoms with Crippen LogP contribution in [0.2, 0.25) is 5.02 Å². The topological polar surface area (TPSA) is 105 Å². The number of amides is 1. The van der Waals surface area contributed by atoms with Gasteiger partial charge in [0.15, 0.2) is 5.82 Å². The van der Waals surface area contributed by atoms with Gasteiger partial charge in [0, 0.05) is 10.6 Å². The number of halogens is 1. The molecule has 1 unspecified atom stereocenters. The second kappa shape index (κ2) is 9.32. The lowest BCUT2D eigenvalue weighted by Crippen LogP contribution is -2.31. The molecule has 3 rings (SSSR count). The molecule has 1 N–H and O–H groups in total. The van der Waals surface area contributed by atoms with Crippen LogP contribution in [0.3, 0.4) is 0 Å². The zero-order valence-corrected chi connectivity index (χ0v) is 18.5. The van der Waals surface area contributed by atoms with Crippen molar-refractivity contribution in [2.45, 2.75) is 24.8 Å². The number of hydrogen-bond donors (Lipinski definition) is 1. The Labute approximate surface area is 185 Å². The van der Waals surface area contributed by atoms with Crippen molar-refractivity contribution in [1.82, 2.24) is 15.5 Å². The molecule has 0 aliphatic heterocycles. The van der Waals surface area contributed by atoms with E-state index in [-0.39, 0.29) is 22.9 Å². The predicted octanol–water partition coefficient (Wildman–Crippen LogP) is 3.90. The van der Waals surface area contributed by atoms with Crippen molar-refractivity contribution >= 4 is 33.2 Å². The summed E-state index contributed by atoms with van der Waals surface area (Å²) in [6, 6.07) is 11.7. The van der Waals surface area contributed by atoms with Crippen molar-refractivity contribution in [1.29, 1.82) is 0 Å². The molecule has 2 aromatic carbocycles. The summed E-state index contributed by atoms with van der Waals surface area (Å²) in [5.41, 5.74) is 0.610. The normalized spacial score (nSPS) is 12.2. The number of hydrogen-bond acceptors (Lipinski definition) is 6. The maximum absolute atomic E-state index is 13.3. The quantitative estimate of drug-likeness (QED) is 0.511. The number of carbonyl (C=O) groups is 1. The largest absolute Gasteiger partial charge is 0.341 e. The van der Waals surface area contributed by atoms with Gasteiger partial charge in [-0.2, -0.15) is 4.98 Å². The van der Waals surface area contributed by atoms with Gasteiger partial charge in [0.2, 0.25) is 5.89 Å². The molecule has 0 fully saturated rings. The van der Waals surface area contributed by atoms with E-state index in [1.165, 1.54) is 34.6 Å². The van der Waals surface area contributed by atoms with Gasteiger partial charge < -0.3 is 9.84 Å². The average molecular weight is 461 g/mol. The standard InChI is InChI=1S/C21H21ClN4O4S/c1-4-12-26(18-10-8-17(22)9-11-18)31(28,29)19-7-5-6-16(13-19)20(27)23-14(2)21-24-15(3)25-30-21/h4-11,13-14H,1,12H2,2-3H3,(H,23,27). The van der Waals surface area contributed by atoms with Crippen LogP contribution in [0.25, 0.3) is 0 Å². The van der Waals surface area contributed by atoms with Crippen molar-refractivity contribution in [3.63, 3.8) is 0 Å². The van der Waals surface area contributed by atoms with Crippen LogP contribution in [0.5, 0.6) is 0 Å². The lowest BCUT2D eigenvalue weighted by atomic mass is 10.2. The Hall–Kier alpha value is -3.17. The van der Waals surface area contributed by atoms with Crippen LogP contribution < -0.4 is 9.62 Å². The Balaban J connectivity index is 1.88. The Kier molecular flexibility index (Phi) is 6.77. The molecular weight excluding hydrogens is 440 g/mol. The number of anilines is 1. The second-order valence-corrected chi connectivity index (χ2v) is 9.00. The number of sulfonamides is 1. The Bertz CT molecular complexity index is 1190. The Morgan fingerprint density at radius 2 is 2.00 bits per heavy atom. The number of aryl methyl sites for hydroxylation is 1. The molecule has 1 aromatic heterocycles. The predicted molar refractivity (Wildman–Crippen MR) is 118 cm³/mol. The molecule has 1 atom stereocenters. The van der Waals surface area contributed by atoms with E-state index in [1.54, 1.807) is 38.1 Å². The fourth-order valence-electron chi connectivity index (χ4n) is 2.82. The van der Waals surface area contributed by atoms with Gasteiger partial charge in [-0.25, -0.2) is 8.42 Å². The van der Waals surface area contributed by atoms with Crippen molar-refractivity contribution in [3.05, 3.63) is 83.5 Å². The second-order valence-electron chi connectivity index (χ2n) is 6.70. The zero-order valence-electron chi connectivity index (χ0n) is 16.9. The summed E-state index contributed by atoms with van der Waals surface area (Å²) in [6.07, 6.45) is 1.48. The average Bonchev–Trinajstić information content (AvgIpc) is 3.19. The molecule has 0 aliphatic carbocycles. The molecule has 10 heteroatoms. The first-order valence-corrected chi connectivity index (χ1v) is 11.1. The van der Waals surface area contributed by atoms with E-state index in [4.69, 9.17) is 16.1 Å². The van der Waals surface area contributed by atoms with E-state index in [0.29, 0.717) is 16.5 Å². The van der Waals surface area contributed by atoms with E-state index in [2.05, 4.69) is 22.0 Å². The van der Waals surface area contributed by atoms with E-state index in [0.717, 1.165) is 0 Å². The molecule has 3 aromatic rings. The molecule has 162 valence electrons. The molecule has 8 nitrogen and oxygen atoms in total. The Morgan fingerprint density at radius 1 is 1.29 bits per heavy atom. The first-order valence-electron chi connectivity index (χ1n) is 9.32. The fourth-order valence-corrected chi connectivity index (χ4v) is 4.43. The summed E-state index contributed by atoms with van der Waals surface area (Å²) in [5, 5.41) is 6.91. The van der Waals surface area contributed by atoms with Crippen LogP contribution in [0.1, 0.15) is 35.0 Å². The summed E-state index contributed by atoms with van der Waals surface area (Å²) < 4.78 is 32.9. The molecule has 1 amide bonds. The third kappa shape index (κ3) is 5.12. The van der Waals surface area contributed by atoms with Crippen LogP contribution in [0.15, 0.2) is 70.6 Å². The summed E-state index contributed by atoms with van der Waals surface area (Å²) in [5.74, 6) is 0.241. The van der Waals surface area contributed by atoms with Gasteiger partial charge in [-0.05, 0) is 56.3 Å². The van der Waals surface area contributed by atoms with Crippen molar-refractivity contribution in [2.24, 2.45) is 0 Å². The summed E-state index contributed by atoms with van der Waals surface area (Å²) >= 11 is 5.92. The molecule has 0 bridgehead atoms. The van der Waals surface area contributed by atoms with Crippen molar-refractivity contribution in [3.8, 4) is 0 Å². The van der Waals surface area contributed by atoms with Crippen LogP contribution in [-0.2, 0) is 10.0 Å². The minimum absolute atomic E-state index is 0.0294. The number of nitrogens with one attached hydrogen (secondary N) is 1. The maximum Gasteiger partial charge on any atom is 0.264 e. The first-order chi connectivity index (χ1) is 14.7. The van der Waals surface area contributed by atoms with Gasteiger partial charge in [0.25, 0.3) is 15.9 Å². The van der Waals surface area contributed by atoms with E-state index in [1.807, 2.05) is 0 Å². The van der Waals surface area contributed by atoms with Gasteiger partial charge in [-0.3, -0.25) is 9.10 Å². The molecule has 0 saturated heterocycles. The van der Waals surface area contributed by atoms with Gasteiger partial charge >= 0.3 is 0 Å². The van der Waals surface area contributed by atoms with E-state index in [9.17, 15) is 13.2 Å². The molecule has 1 heterocycles. The first kappa shape index (κ1) is 22.5. The lowest BCUT2D eigenvalue weighted by molar-refractivity contribution is 0.0932. The van der Waals surface area contributed by atoms with Crippen LogP contribution >= 0.6 is 11.6 Å². The van der Waals surface area contributed by atoms with Gasteiger partial charge in [-0.1, -0.05) is 28.9 Å². The fraction of sp³-hybridized carbons (Fsp3) is 0.190. The Morgan fingerprint density at radius 3 is 2.61 bits per heavy atom. The number of nitrogens with zero attached hydrogens (tertiary/aromatic N) is 3. The van der Waals surface area contributed by atoms with Gasteiger partial charge in [-0.15, -0.1) is 6.58 Å². The molecule has 0 aliphatic rings. The molecule has 31 heavy (non-hydrogen) atoms. The monoisotopic (exact) mass is 460 g/mol. The highest BCUT2D eigenvalue weighted by atomic mass is 35.5. The summed E-state index contributed by atoms with van der Waals surface area (Å²) in [4.78, 5) is 16.7. The molecule has 0 radical (unpaired) electrons. The van der Waals surface area contributed by atoms with E-state index >= 15 is 0 Å². The smallest absolute Gasteiger partial charge is 0.264 e. The maximum atomic E-state index is 13.3.